The summed E-state index contributed by atoms with van der Waals surface area (Å²) in [6.07, 6.45) is 2.01. The van der Waals surface area contributed by atoms with Crippen LogP contribution in [0.2, 0.25) is 0 Å². The van der Waals surface area contributed by atoms with Crippen molar-refractivity contribution in [1.82, 2.24) is 0 Å². The molecule has 0 radical (unpaired) electrons. The van der Waals surface area contributed by atoms with Gasteiger partial charge in [0.2, 0.25) is 0 Å². The lowest BCUT2D eigenvalue weighted by atomic mass is 10.3. The zero-order valence-electron chi connectivity index (χ0n) is 5.33. The molecule has 1 rings (SSSR count). The van der Waals surface area contributed by atoms with Crippen molar-refractivity contribution in [3.63, 3.8) is 0 Å². The van der Waals surface area contributed by atoms with E-state index in [-0.39, 0.29) is 6.10 Å². The van der Waals surface area contributed by atoms with Gasteiger partial charge in [-0.15, -0.1) is 6.58 Å². The summed E-state index contributed by atoms with van der Waals surface area (Å²) in [6, 6.07) is 0. The van der Waals surface area contributed by atoms with Crippen LogP contribution in [0.1, 0.15) is 6.42 Å². The first-order chi connectivity index (χ1) is 4.64. The van der Waals surface area contributed by atoms with E-state index in [2.05, 4.69) is 11.1 Å². The number of hydrogen-bond acceptors (Lipinski definition) is 3. The summed E-state index contributed by atoms with van der Waals surface area (Å²) in [4.78, 5) is 0. The highest BCUT2D eigenvalue weighted by Crippen LogP contribution is 2.57. The summed E-state index contributed by atoms with van der Waals surface area (Å²) < 4.78 is 20.3. The van der Waals surface area contributed by atoms with Gasteiger partial charge in [0.25, 0.3) is 0 Å². The number of halogens is 1. The van der Waals surface area contributed by atoms with Crippen LogP contribution in [0.15, 0.2) is 12.7 Å². The van der Waals surface area contributed by atoms with E-state index in [1.165, 1.54) is 0 Å². The molecule has 1 heterocycles. The monoisotopic (exact) mass is 182 g/mol. The molecular weight excluding hydrogens is 174 g/mol. The third-order valence-electron chi connectivity index (χ3n) is 1.17. The fourth-order valence-corrected chi connectivity index (χ4v) is 2.10. The molecule has 0 aromatic rings. The van der Waals surface area contributed by atoms with Gasteiger partial charge in [0, 0.05) is 17.7 Å². The molecule has 0 saturated carbocycles. The zero-order chi connectivity index (χ0) is 7.61. The van der Waals surface area contributed by atoms with E-state index in [9.17, 15) is 4.57 Å². The van der Waals surface area contributed by atoms with E-state index >= 15 is 0 Å². The molecule has 1 saturated heterocycles. The van der Waals surface area contributed by atoms with Crippen LogP contribution in [0.5, 0.6) is 0 Å². The Balaban J connectivity index is 2.55. The van der Waals surface area contributed by atoms with E-state index in [1.54, 1.807) is 6.08 Å². The van der Waals surface area contributed by atoms with Crippen molar-refractivity contribution in [2.75, 3.05) is 6.61 Å². The van der Waals surface area contributed by atoms with E-state index in [0.717, 1.165) is 0 Å². The molecule has 5 heteroatoms. The fraction of sp³-hybridized carbons (Fsp3) is 0.600. The summed E-state index contributed by atoms with van der Waals surface area (Å²) >= 11 is 5.31. The Hall–Kier alpha value is 0.180. The third-order valence-corrected chi connectivity index (χ3v) is 2.72. The maximum atomic E-state index is 10.9. The first-order valence-corrected chi connectivity index (χ1v) is 5.34. The molecule has 0 bridgehead atoms. The molecule has 1 aliphatic rings. The second-order valence-electron chi connectivity index (χ2n) is 1.93. The van der Waals surface area contributed by atoms with Gasteiger partial charge in [0.1, 0.15) is 0 Å². The van der Waals surface area contributed by atoms with Gasteiger partial charge in [0.15, 0.2) is 0 Å². The lowest BCUT2D eigenvalue weighted by Crippen LogP contribution is -2.15. The first-order valence-electron chi connectivity index (χ1n) is 2.89. The molecule has 0 aliphatic carbocycles. The van der Waals surface area contributed by atoms with Crippen LogP contribution in [-0.2, 0) is 13.6 Å². The Morgan fingerprint density at radius 1 is 1.80 bits per heavy atom. The molecule has 3 nitrogen and oxygen atoms in total. The van der Waals surface area contributed by atoms with Gasteiger partial charge < -0.3 is 0 Å². The van der Waals surface area contributed by atoms with E-state index in [0.29, 0.717) is 13.0 Å². The normalized spacial score (nSPS) is 41.1. The quantitative estimate of drug-likeness (QED) is 0.461. The highest BCUT2D eigenvalue weighted by molar-refractivity contribution is 7.81. The van der Waals surface area contributed by atoms with Crippen molar-refractivity contribution >= 4 is 18.2 Å². The first kappa shape index (κ1) is 8.28. The average Bonchev–Trinajstić information content (AvgIpc) is 1.86. The molecule has 1 fully saturated rings. The second kappa shape index (κ2) is 3.05. The van der Waals surface area contributed by atoms with Gasteiger partial charge in [0.05, 0.1) is 12.7 Å². The van der Waals surface area contributed by atoms with Crippen molar-refractivity contribution < 1.29 is 13.6 Å². The molecule has 0 spiro atoms. The van der Waals surface area contributed by atoms with Crippen LogP contribution in [0.4, 0.5) is 0 Å². The Labute approximate surface area is 64.3 Å². The SMILES string of the molecule is C=CC1CCOP(=O)(Cl)O1. The topological polar surface area (TPSA) is 35.5 Å². The molecule has 0 amide bonds. The molecular formula is C5H8ClO3P. The van der Waals surface area contributed by atoms with Gasteiger partial charge in [-0.05, 0) is 0 Å². The van der Waals surface area contributed by atoms with Crippen LogP contribution >= 0.6 is 18.2 Å². The van der Waals surface area contributed by atoms with Crippen LogP contribution in [0.25, 0.3) is 0 Å². The van der Waals surface area contributed by atoms with Crippen LogP contribution < -0.4 is 0 Å². The van der Waals surface area contributed by atoms with Crippen molar-refractivity contribution in [2.45, 2.75) is 12.5 Å². The highest BCUT2D eigenvalue weighted by Gasteiger charge is 2.29. The Bertz CT molecular complexity index is 182. The number of rotatable bonds is 1. The highest BCUT2D eigenvalue weighted by atomic mass is 35.7. The van der Waals surface area contributed by atoms with Gasteiger partial charge >= 0.3 is 6.95 Å². The lowest BCUT2D eigenvalue weighted by molar-refractivity contribution is 0.119. The van der Waals surface area contributed by atoms with Crippen LogP contribution in [-0.4, -0.2) is 12.7 Å². The van der Waals surface area contributed by atoms with Crippen molar-refractivity contribution in [3.05, 3.63) is 12.7 Å². The molecule has 0 aromatic heterocycles. The zero-order valence-corrected chi connectivity index (χ0v) is 6.98. The predicted octanol–water partition coefficient (Wildman–Crippen LogP) is 2.32. The van der Waals surface area contributed by atoms with Gasteiger partial charge in [-0.3, -0.25) is 9.05 Å². The smallest absolute Gasteiger partial charge is 0.297 e. The summed E-state index contributed by atoms with van der Waals surface area (Å²) in [5.74, 6) is 0. The molecule has 0 aromatic carbocycles. The largest absolute Gasteiger partial charge is 0.424 e. The van der Waals surface area contributed by atoms with Crippen molar-refractivity contribution in [2.24, 2.45) is 0 Å². The van der Waals surface area contributed by atoms with Crippen LogP contribution in [0.3, 0.4) is 0 Å². The van der Waals surface area contributed by atoms with E-state index in [1.807, 2.05) is 0 Å². The summed E-state index contributed by atoms with van der Waals surface area (Å²) in [7, 11) is 0. The number of hydrogen-bond donors (Lipinski definition) is 0. The van der Waals surface area contributed by atoms with Gasteiger partial charge in [-0.2, -0.15) is 0 Å². The fourth-order valence-electron chi connectivity index (χ4n) is 0.684. The molecule has 10 heavy (non-hydrogen) atoms. The minimum Gasteiger partial charge on any atom is -0.297 e. The third kappa shape index (κ3) is 2.10. The standard InChI is InChI=1S/C5H8ClO3P/c1-2-5-3-4-8-10(6,7)9-5/h2,5H,1,3-4H2. The Morgan fingerprint density at radius 3 is 2.90 bits per heavy atom. The molecule has 2 atom stereocenters. The summed E-state index contributed by atoms with van der Waals surface area (Å²) in [6.45, 7) is 0.604. The van der Waals surface area contributed by atoms with E-state index in [4.69, 9.17) is 15.8 Å². The van der Waals surface area contributed by atoms with Crippen molar-refractivity contribution in [1.29, 1.82) is 0 Å². The second-order valence-corrected chi connectivity index (χ2v) is 4.50. The summed E-state index contributed by atoms with van der Waals surface area (Å²) in [5.41, 5.74) is 0. The molecule has 1 aliphatic heterocycles. The maximum absolute atomic E-state index is 10.9. The minimum absolute atomic E-state index is 0.225. The van der Waals surface area contributed by atoms with Crippen molar-refractivity contribution in [3.8, 4) is 0 Å². The molecule has 2 unspecified atom stereocenters. The minimum atomic E-state index is -3.26. The molecule has 58 valence electrons. The molecule has 0 N–H and O–H groups in total. The average molecular weight is 183 g/mol. The van der Waals surface area contributed by atoms with Gasteiger partial charge in [-0.1, -0.05) is 6.08 Å². The maximum Gasteiger partial charge on any atom is 0.424 e. The Morgan fingerprint density at radius 2 is 2.50 bits per heavy atom. The Kier molecular flexibility index (Phi) is 2.53. The van der Waals surface area contributed by atoms with Crippen LogP contribution in [0, 0.1) is 0 Å². The van der Waals surface area contributed by atoms with Gasteiger partial charge in [-0.25, -0.2) is 4.57 Å². The van der Waals surface area contributed by atoms with E-state index < -0.39 is 6.95 Å². The lowest BCUT2D eigenvalue weighted by Gasteiger charge is -2.22. The summed E-state index contributed by atoms with van der Waals surface area (Å²) in [5, 5.41) is 0. The predicted molar refractivity (Wildman–Crippen MR) is 39.1 cm³/mol.